The summed E-state index contributed by atoms with van der Waals surface area (Å²) in [6.07, 6.45) is 0. The van der Waals surface area contributed by atoms with Gasteiger partial charge in [0.25, 0.3) is 0 Å². The third-order valence-electron chi connectivity index (χ3n) is 1.16. The maximum atomic E-state index is 5.37. The van der Waals surface area contributed by atoms with E-state index in [4.69, 9.17) is 20.8 Å². The van der Waals surface area contributed by atoms with Crippen LogP contribution in [-0.4, -0.2) is 19.6 Å². The molecule has 0 aliphatic heterocycles. The molecule has 0 saturated heterocycles. The van der Waals surface area contributed by atoms with Gasteiger partial charge in [-0.15, -0.1) is 0 Å². The molecule has 0 unspecified atom stereocenters. The molecule has 0 spiro atoms. The second-order valence-corrected chi connectivity index (χ2v) is 50.9. The molecule has 4 heteroatoms. The molecule has 0 bridgehead atoms. The van der Waals surface area contributed by atoms with Crippen molar-refractivity contribution in [3.05, 3.63) is 0 Å². The van der Waals surface area contributed by atoms with Gasteiger partial charge in [-0.3, -0.25) is 0 Å². The molecule has 0 aliphatic rings. The quantitative estimate of drug-likeness (QED) is 0.674. The Morgan fingerprint density at radius 3 is 0.875 bits per heavy atom. The zero-order chi connectivity index (χ0) is 7.00. The van der Waals surface area contributed by atoms with Gasteiger partial charge in [-0.2, -0.15) is 0 Å². The van der Waals surface area contributed by atoms with Gasteiger partial charge in [-0.25, -0.2) is 0 Å². The molecular formula is C4H12As2S2. The molecule has 0 N–H and O–H groups in total. The van der Waals surface area contributed by atoms with Gasteiger partial charge in [0.15, 0.2) is 0 Å². The van der Waals surface area contributed by atoms with E-state index in [-0.39, 0.29) is 0 Å². The van der Waals surface area contributed by atoms with E-state index in [0.29, 0.717) is 0 Å². The molecule has 0 rings (SSSR count). The van der Waals surface area contributed by atoms with Gasteiger partial charge < -0.3 is 0 Å². The average Bonchev–Trinajstić information content (AvgIpc) is 1.25. The summed E-state index contributed by atoms with van der Waals surface area (Å²) in [5, 5.41) is 0. The molecule has 0 amide bonds. The van der Waals surface area contributed by atoms with Crippen molar-refractivity contribution in [3.63, 3.8) is 0 Å². The Balaban J connectivity index is 4.53. The number of hydrogen-bond acceptors (Lipinski definition) is 2. The van der Waals surface area contributed by atoms with Crippen molar-refractivity contribution >= 4 is 40.4 Å². The van der Waals surface area contributed by atoms with Crippen LogP contribution < -0.4 is 0 Å². The first-order valence-corrected chi connectivity index (χ1v) is 20.4. The van der Waals surface area contributed by atoms with Gasteiger partial charge in [0.2, 0.25) is 0 Å². The Morgan fingerprint density at radius 2 is 0.875 bits per heavy atom. The Labute approximate surface area is 62.8 Å². The van der Waals surface area contributed by atoms with Crippen LogP contribution in [0.4, 0.5) is 0 Å². The van der Waals surface area contributed by atoms with Gasteiger partial charge in [0, 0.05) is 0 Å². The molecule has 0 aliphatic carbocycles. The van der Waals surface area contributed by atoms with Crippen molar-refractivity contribution in [2.75, 3.05) is 0 Å². The first-order valence-electron chi connectivity index (χ1n) is 2.35. The molecule has 0 radical (unpaired) electrons. The van der Waals surface area contributed by atoms with E-state index in [1.54, 1.807) is 0 Å². The Bertz CT molecular complexity index is 141. The van der Waals surface area contributed by atoms with E-state index in [0.717, 1.165) is 0 Å². The third kappa shape index (κ3) is 2.92. The van der Waals surface area contributed by atoms with Gasteiger partial charge >= 0.3 is 63.3 Å². The van der Waals surface area contributed by atoms with E-state index in [9.17, 15) is 0 Å². The Hall–Kier alpha value is 1.56. The van der Waals surface area contributed by atoms with Crippen molar-refractivity contribution in [2.24, 2.45) is 0 Å². The molecule has 50 valence electrons. The van der Waals surface area contributed by atoms with E-state index in [2.05, 4.69) is 22.8 Å². The molecule has 0 atom stereocenters. The zero-order valence-electron chi connectivity index (χ0n) is 5.71. The summed E-state index contributed by atoms with van der Waals surface area (Å²) in [7, 11) is 7.54. The van der Waals surface area contributed by atoms with Crippen molar-refractivity contribution < 1.29 is 0 Å². The average molecular weight is 274 g/mol. The fraction of sp³-hybridized carbons (Fsp3) is 1.00. The Morgan fingerprint density at radius 1 is 0.750 bits per heavy atom. The monoisotopic (exact) mass is 274 g/mol. The van der Waals surface area contributed by atoms with Crippen LogP contribution in [0.2, 0.25) is 22.8 Å². The van der Waals surface area contributed by atoms with Crippen LogP contribution in [0.1, 0.15) is 0 Å². The van der Waals surface area contributed by atoms with E-state index in [1.807, 2.05) is 0 Å². The van der Waals surface area contributed by atoms with Crippen LogP contribution in [0.25, 0.3) is 0 Å². The first kappa shape index (κ1) is 9.56. The van der Waals surface area contributed by atoms with Gasteiger partial charge in [0.1, 0.15) is 0 Å². The minimum absolute atomic E-state index is 1.60. The number of hydrogen-bond donors (Lipinski definition) is 0. The minimum atomic E-state index is -1.60. The molecule has 0 saturated carbocycles. The summed E-state index contributed by atoms with van der Waals surface area (Å²) in [5.74, 6) is 0. The van der Waals surface area contributed by atoms with E-state index >= 15 is 0 Å². The van der Waals surface area contributed by atoms with Crippen LogP contribution in [0.15, 0.2) is 0 Å². The van der Waals surface area contributed by atoms with Crippen LogP contribution in [0.3, 0.4) is 0 Å². The van der Waals surface area contributed by atoms with Crippen LogP contribution >= 0.6 is 20.8 Å². The molecule has 0 aromatic carbocycles. The summed E-state index contributed by atoms with van der Waals surface area (Å²) < 4.78 is 0. The molecule has 8 heavy (non-hydrogen) atoms. The predicted molar refractivity (Wildman–Crippen MR) is 50.1 cm³/mol. The maximum absolute atomic E-state index is 5.37. The molecular weight excluding hydrogens is 262 g/mol. The second kappa shape index (κ2) is 2.66. The molecule has 0 nitrogen and oxygen atoms in total. The summed E-state index contributed by atoms with van der Waals surface area (Å²) in [6, 6.07) is 0. The third-order valence-corrected chi connectivity index (χ3v) is 56.2. The van der Waals surface area contributed by atoms with Gasteiger partial charge in [-0.1, -0.05) is 0 Å². The normalized spacial score (nSPS) is 14.0. The second-order valence-electron chi connectivity index (χ2n) is 2.59. The van der Waals surface area contributed by atoms with Crippen LogP contribution in [-0.2, 0) is 0 Å². The standard InChI is InChI=1S/C4H12As2S2/c1-5(2,7)6(3,4)8/h1-4H3. The van der Waals surface area contributed by atoms with Gasteiger partial charge in [-0.05, 0) is 0 Å². The van der Waals surface area contributed by atoms with Crippen molar-refractivity contribution in [3.8, 4) is 0 Å². The van der Waals surface area contributed by atoms with Crippen molar-refractivity contribution in [1.82, 2.24) is 0 Å². The molecule has 0 fully saturated rings. The number of rotatable bonds is 1. The van der Waals surface area contributed by atoms with Crippen LogP contribution in [0.5, 0.6) is 0 Å². The fourth-order valence-corrected chi connectivity index (χ4v) is 0. The summed E-state index contributed by atoms with van der Waals surface area (Å²) in [4.78, 5) is 0. The topological polar surface area (TPSA) is 0 Å². The van der Waals surface area contributed by atoms with Gasteiger partial charge in [0.05, 0.1) is 0 Å². The van der Waals surface area contributed by atoms with Crippen molar-refractivity contribution in [1.29, 1.82) is 0 Å². The summed E-state index contributed by atoms with van der Waals surface area (Å²) >= 11 is 0. The zero-order valence-corrected chi connectivity index (χ0v) is 11.1. The summed E-state index contributed by atoms with van der Waals surface area (Å²) in [5.41, 5.74) is 8.92. The molecule has 0 aromatic rings. The molecule has 0 aromatic heterocycles. The first-order chi connectivity index (χ1) is 3.25. The predicted octanol–water partition coefficient (Wildman–Crippen LogP) is 2.87. The summed E-state index contributed by atoms with van der Waals surface area (Å²) in [6.45, 7) is 0. The van der Waals surface area contributed by atoms with Crippen molar-refractivity contribution in [2.45, 2.75) is 22.8 Å². The fourth-order valence-electron chi connectivity index (χ4n) is 0. The van der Waals surface area contributed by atoms with Crippen LogP contribution in [0, 0.1) is 0 Å². The van der Waals surface area contributed by atoms with E-state index in [1.165, 1.54) is 0 Å². The SMILES string of the molecule is C[As](C)(=S)[As](C)(C)=S. The van der Waals surface area contributed by atoms with E-state index < -0.39 is 19.6 Å². The Kier molecular flexibility index (Phi) is 3.18. The molecule has 0 heterocycles.